The van der Waals surface area contributed by atoms with E-state index in [2.05, 4.69) is 4.90 Å². The van der Waals surface area contributed by atoms with Crippen LogP contribution in [0.25, 0.3) is 0 Å². The number of benzene rings is 1. The van der Waals surface area contributed by atoms with Gasteiger partial charge in [0.05, 0.1) is 13.2 Å². The Hall–Kier alpha value is -1.60. The number of carbonyl (C=O) groups is 1. The van der Waals surface area contributed by atoms with Crippen molar-refractivity contribution < 1.29 is 17.9 Å². The lowest BCUT2D eigenvalue weighted by atomic mass is 10.1. The van der Waals surface area contributed by atoms with E-state index in [-0.39, 0.29) is 5.91 Å². The Morgan fingerprint density at radius 2 is 1.83 bits per heavy atom. The summed E-state index contributed by atoms with van der Waals surface area (Å²) in [6.07, 6.45) is 1.08. The van der Waals surface area contributed by atoms with Gasteiger partial charge in [-0.05, 0) is 24.6 Å². The van der Waals surface area contributed by atoms with Crippen LogP contribution in [0, 0.1) is 0 Å². The van der Waals surface area contributed by atoms with Crippen molar-refractivity contribution in [1.29, 1.82) is 0 Å². The summed E-state index contributed by atoms with van der Waals surface area (Å²) < 4.78 is 28.3. The molecule has 0 spiro atoms. The minimum absolute atomic E-state index is 0.384. The number of rotatable bonds is 5. The van der Waals surface area contributed by atoms with E-state index in [4.69, 9.17) is 4.74 Å². The second-order valence-electron chi connectivity index (χ2n) is 5.93. The van der Waals surface area contributed by atoms with E-state index in [0.29, 0.717) is 6.54 Å². The molecule has 1 amide bonds. The summed E-state index contributed by atoms with van der Waals surface area (Å²) in [4.78, 5) is 15.8. The fourth-order valence-corrected chi connectivity index (χ4v) is 3.03. The predicted molar refractivity (Wildman–Crippen MR) is 90.3 cm³/mol. The van der Waals surface area contributed by atoms with Gasteiger partial charge in [-0.1, -0.05) is 12.1 Å². The second kappa shape index (κ2) is 7.31. The minimum Gasteiger partial charge on any atom is -0.378 e. The lowest BCUT2D eigenvalue weighted by Gasteiger charge is -2.29. The molecule has 0 aliphatic carbocycles. The molecule has 1 heterocycles. The third-order valence-electron chi connectivity index (χ3n) is 4.10. The van der Waals surface area contributed by atoms with E-state index >= 15 is 0 Å². The van der Waals surface area contributed by atoms with E-state index in [9.17, 15) is 13.2 Å². The van der Waals surface area contributed by atoms with Crippen LogP contribution in [0.2, 0.25) is 0 Å². The topological polar surface area (TPSA) is 66.9 Å². The Morgan fingerprint density at radius 3 is 2.35 bits per heavy atom. The maximum absolute atomic E-state index is 12.1. The molecule has 1 aromatic rings. The van der Waals surface area contributed by atoms with Crippen LogP contribution in [0.3, 0.4) is 0 Å². The van der Waals surface area contributed by atoms with Crippen molar-refractivity contribution in [2.45, 2.75) is 18.7 Å². The highest BCUT2D eigenvalue weighted by molar-refractivity contribution is 7.92. The molecule has 1 saturated heterocycles. The molecule has 0 unspecified atom stereocenters. The summed E-state index contributed by atoms with van der Waals surface area (Å²) in [5.41, 5.74) is 2.11. The molecule has 7 heteroatoms. The third-order valence-corrected chi connectivity index (χ3v) is 5.58. The first-order valence-electron chi connectivity index (χ1n) is 7.64. The van der Waals surface area contributed by atoms with E-state index in [1.54, 1.807) is 7.05 Å². The number of ether oxygens (including phenoxy) is 1. The summed E-state index contributed by atoms with van der Waals surface area (Å²) in [5.74, 6) is -0.384. The highest BCUT2D eigenvalue weighted by Crippen LogP contribution is 2.17. The van der Waals surface area contributed by atoms with Crippen molar-refractivity contribution in [3.63, 3.8) is 0 Å². The van der Waals surface area contributed by atoms with Gasteiger partial charge in [-0.2, -0.15) is 0 Å². The zero-order valence-electron chi connectivity index (χ0n) is 13.9. The smallest absolute Gasteiger partial charge is 0.240 e. The SMILES string of the molecule is C[C@@H](C(=O)N(C)Cc1ccc(N2CCOCC2)cc1)S(C)(=O)=O. The number of amides is 1. The van der Waals surface area contributed by atoms with Crippen molar-refractivity contribution in [3.05, 3.63) is 29.8 Å². The molecule has 1 aromatic carbocycles. The quantitative estimate of drug-likeness (QED) is 0.797. The minimum atomic E-state index is -3.37. The Morgan fingerprint density at radius 1 is 1.26 bits per heavy atom. The fourth-order valence-electron chi connectivity index (χ4n) is 2.48. The van der Waals surface area contributed by atoms with E-state index < -0.39 is 15.1 Å². The van der Waals surface area contributed by atoms with Crippen molar-refractivity contribution in [2.75, 3.05) is 44.5 Å². The number of nitrogens with zero attached hydrogens (tertiary/aromatic N) is 2. The molecule has 1 fully saturated rings. The average Bonchev–Trinajstić information content (AvgIpc) is 2.54. The van der Waals surface area contributed by atoms with Gasteiger partial charge in [0.1, 0.15) is 5.25 Å². The van der Waals surface area contributed by atoms with Crippen LogP contribution in [-0.4, -0.2) is 64.1 Å². The Balaban J connectivity index is 1.98. The summed E-state index contributed by atoms with van der Waals surface area (Å²) in [5, 5.41) is -1.01. The predicted octanol–water partition coefficient (Wildman–Crippen LogP) is 0.915. The molecule has 0 radical (unpaired) electrons. The van der Waals surface area contributed by atoms with E-state index in [1.165, 1.54) is 11.8 Å². The van der Waals surface area contributed by atoms with Crippen molar-refractivity contribution in [1.82, 2.24) is 4.90 Å². The van der Waals surface area contributed by atoms with Crippen molar-refractivity contribution >= 4 is 21.4 Å². The van der Waals surface area contributed by atoms with E-state index in [1.807, 2.05) is 24.3 Å². The first-order chi connectivity index (χ1) is 10.8. The molecular weight excluding hydrogens is 316 g/mol. The van der Waals surface area contributed by atoms with Gasteiger partial charge in [-0.3, -0.25) is 4.79 Å². The van der Waals surface area contributed by atoms with Gasteiger partial charge in [0, 0.05) is 38.6 Å². The third kappa shape index (κ3) is 4.68. The lowest BCUT2D eigenvalue weighted by molar-refractivity contribution is -0.129. The Labute approximate surface area is 137 Å². The number of morpholine rings is 1. The number of carbonyl (C=O) groups excluding carboxylic acids is 1. The van der Waals surface area contributed by atoms with Crippen LogP contribution >= 0.6 is 0 Å². The molecular formula is C16H24N2O4S. The molecule has 0 N–H and O–H groups in total. The van der Waals surface area contributed by atoms with Crippen LogP contribution in [0.5, 0.6) is 0 Å². The molecule has 1 atom stereocenters. The van der Waals surface area contributed by atoms with Crippen molar-refractivity contribution in [3.8, 4) is 0 Å². The van der Waals surface area contributed by atoms with E-state index in [0.717, 1.165) is 43.8 Å². The molecule has 0 aromatic heterocycles. The molecule has 128 valence electrons. The molecule has 23 heavy (non-hydrogen) atoms. The fraction of sp³-hybridized carbons (Fsp3) is 0.562. The van der Waals surface area contributed by atoms with Gasteiger partial charge in [-0.15, -0.1) is 0 Å². The largest absolute Gasteiger partial charge is 0.378 e. The molecule has 6 nitrogen and oxygen atoms in total. The zero-order valence-corrected chi connectivity index (χ0v) is 14.7. The maximum Gasteiger partial charge on any atom is 0.240 e. The summed E-state index contributed by atoms with van der Waals surface area (Å²) in [6, 6.07) is 8.00. The van der Waals surface area contributed by atoms with Gasteiger partial charge in [0.2, 0.25) is 5.91 Å². The van der Waals surface area contributed by atoms with Crippen LogP contribution in [-0.2, 0) is 25.9 Å². The van der Waals surface area contributed by atoms with Crippen LogP contribution < -0.4 is 4.90 Å². The first kappa shape index (κ1) is 17.7. The summed E-state index contributed by atoms with van der Waals surface area (Å²) in [6.45, 7) is 5.05. The summed E-state index contributed by atoms with van der Waals surface area (Å²) >= 11 is 0. The lowest BCUT2D eigenvalue weighted by Crippen LogP contribution is -2.38. The molecule has 0 saturated carbocycles. The number of sulfone groups is 1. The standard InChI is InChI=1S/C16H24N2O4S/c1-13(23(3,20)21)16(19)17(2)12-14-4-6-15(7-5-14)18-8-10-22-11-9-18/h4-7,13H,8-12H2,1-3H3/t13-/m0/s1. The highest BCUT2D eigenvalue weighted by atomic mass is 32.2. The summed E-state index contributed by atoms with van der Waals surface area (Å²) in [7, 11) is -1.75. The number of anilines is 1. The molecule has 0 bridgehead atoms. The molecule has 2 rings (SSSR count). The maximum atomic E-state index is 12.1. The number of hydrogen-bond donors (Lipinski definition) is 0. The van der Waals surface area contributed by atoms with Gasteiger partial charge in [0.25, 0.3) is 0 Å². The number of hydrogen-bond acceptors (Lipinski definition) is 5. The van der Waals surface area contributed by atoms with Crippen LogP contribution in [0.1, 0.15) is 12.5 Å². The molecule has 1 aliphatic rings. The van der Waals surface area contributed by atoms with Gasteiger partial charge < -0.3 is 14.5 Å². The monoisotopic (exact) mass is 340 g/mol. The van der Waals surface area contributed by atoms with Gasteiger partial charge in [0.15, 0.2) is 9.84 Å². The zero-order chi connectivity index (χ0) is 17.0. The first-order valence-corrected chi connectivity index (χ1v) is 9.60. The van der Waals surface area contributed by atoms with Crippen molar-refractivity contribution in [2.24, 2.45) is 0 Å². The highest BCUT2D eigenvalue weighted by Gasteiger charge is 2.26. The Kier molecular flexibility index (Phi) is 5.64. The van der Waals surface area contributed by atoms with Gasteiger partial charge >= 0.3 is 0 Å². The normalized spacial score (nSPS) is 16.9. The van der Waals surface area contributed by atoms with Crippen LogP contribution in [0.15, 0.2) is 24.3 Å². The average molecular weight is 340 g/mol. The van der Waals surface area contributed by atoms with Crippen LogP contribution in [0.4, 0.5) is 5.69 Å². The Bertz CT molecular complexity index is 637. The second-order valence-corrected chi connectivity index (χ2v) is 8.30. The van der Waals surface area contributed by atoms with Gasteiger partial charge in [-0.25, -0.2) is 8.42 Å². The molecule has 1 aliphatic heterocycles.